The Balaban J connectivity index is 2.01. The van der Waals surface area contributed by atoms with E-state index in [0.717, 1.165) is 0 Å². The average molecular weight is 186 g/mol. The molecular weight excluding hydrogens is 172 g/mol. The molecule has 0 nitrogen and oxygen atoms in total. The molecule has 62 valence electrons. The van der Waals surface area contributed by atoms with E-state index in [1.807, 2.05) is 0 Å². The van der Waals surface area contributed by atoms with Crippen molar-refractivity contribution in [1.82, 2.24) is 0 Å². The standard InChI is InChI=1S/C9H14S2/c1-2-5-9(6-3-1)10-7-4-8-11-9/h1-2H,3-8H2. The van der Waals surface area contributed by atoms with Gasteiger partial charge in [0.05, 0.1) is 4.08 Å². The number of rotatable bonds is 0. The molecule has 1 aliphatic heterocycles. The first kappa shape index (κ1) is 8.06. The zero-order valence-corrected chi connectivity index (χ0v) is 8.35. The number of hydrogen-bond donors (Lipinski definition) is 0. The van der Waals surface area contributed by atoms with E-state index in [2.05, 4.69) is 35.7 Å². The first-order valence-corrected chi connectivity index (χ1v) is 6.31. The Morgan fingerprint density at radius 3 is 2.55 bits per heavy atom. The van der Waals surface area contributed by atoms with Crippen LogP contribution in [0.2, 0.25) is 0 Å². The lowest BCUT2D eigenvalue weighted by atomic mass is 10.1. The summed E-state index contributed by atoms with van der Waals surface area (Å²) in [6, 6.07) is 0. The lowest BCUT2D eigenvalue weighted by molar-refractivity contribution is 0.696. The summed E-state index contributed by atoms with van der Waals surface area (Å²) in [6.45, 7) is 0. The van der Waals surface area contributed by atoms with Gasteiger partial charge in [0.1, 0.15) is 0 Å². The second-order valence-electron chi connectivity index (χ2n) is 3.18. The van der Waals surface area contributed by atoms with E-state index in [0.29, 0.717) is 4.08 Å². The molecule has 2 heteroatoms. The number of allylic oxidation sites excluding steroid dienone is 2. The minimum absolute atomic E-state index is 0.604. The summed E-state index contributed by atoms with van der Waals surface area (Å²) in [4.78, 5) is 0. The fraction of sp³-hybridized carbons (Fsp3) is 0.778. The molecule has 1 saturated heterocycles. The maximum absolute atomic E-state index is 2.37. The Morgan fingerprint density at radius 2 is 1.91 bits per heavy atom. The third kappa shape index (κ3) is 1.78. The molecule has 0 radical (unpaired) electrons. The quantitative estimate of drug-likeness (QED) is 0.532. The molecule has 2 aliphatic rings. The second-order valence-corrected chi connectivity index (χ2v) is 6.39. The number of thioether (sulfide) groups is 2. The van der Waals surface area contributed by atoms with Crippen molar-refractivity contribution in [3.05, 3.63) is 12.2 Å². The van der Waals surface area contributed by atoms with Crippen molar-refractivity contribution in [2.24, 2.45) is 0 Å². The maximum atomic E-state index is 2.37. The van der Waals surface area contributed by atoms with Crippen LogP contribution in [-0.2, 0) is 0 Å². The molecule has 11 heavy (non-hydrogen) atoms. The van der Waals surface area contributed by atoms with Crippen LogP contribution in [0.3, 0.4) is 0 Å². The van der Waals surface area contributed by atoms with Crippen LogP contribution in [-0.4, -0.2) is 15.6 Å². The highest BCUT2D eigenvalue weighted by Gasteiger charge is 2.32. The van der Waals surface area contributed by atoms with Crippen LogP contribution < -0.4 is 0 Å². The Labute approximate surface area is 77.2 Å². The predicted molar refractivity (Wildman–Crippen MR) is 55.3 cm³/mol. The minimum Gasteiger partial charge on any atom is -0.144 e. The molecule has 0 aromatic carbocycles. The average Bonchev–Trinajstić information content (AvgIpc) is 2.07. The summed E-state index contributed by atoms with van der Waals surface area (Å²) >= 11 is 4.40. The molecule has 0 saturated carbocycles. The Morgan fingerprint density at radius 1 is 1.09 bits per heavy atom. The van der Waals surface area contributed by atoms with E-state index in [4.69, 9.17) is 0 Å². The molecule has 0 aromatic rings. The highest BCUT2D eigenvalue weighted by atomic mass is 32.2. The van der Waals surface area contributed by atoms with Crippen LogP contribution in [0.25, 0.3) is 0 Å². The molecule has 0 aromatic heterocycles. The predicted octanol–water partition coefficient (Wildman–Crippen LogP) is 3.29. The van der Waals surface area contributed by atoms with E-state index in [1.54, 1.807) is 0 Å². The molecule has 1 heterocycles. The summed E-state index contributed by atoms with van der Waals surface area (Å²) in [5.74, 6) is 2.78. The molecule has 0 atom stereocenters. The first-order chi connectivity index (χ1) is 5.41. The summed E-state index contributed by atoms with van der Waals surface area (Å²) < 4.78 is 0.604. The van der Waals surface area contributed by atoms with Crippen LogP contribution in [0.15, 0.2) is 12.2 Å². The van der Waals surface area contributed by atoms with Gasteiger partial charge in [0.25, 0.3) is 0 Å². The van der Waals surface area contributed by atoms with E-state index >= 15 is 0 Å². The summed E-state index contributed by atoms with van der Waals surface area (Å²) in [6.07, 6.45) is 10.1. The van der Waals surface area contributed by atoms with Crippen LogP contribution in [0.1, 0.15) is 25.7 Å². The fourth-order valence-corrected chi connectivity index (χ4v) is 4.96. The van der Waals surface area contributed by atoms with Gasteiger partial charge in [0, 0.05) is 0 Å². The third-order valence-corrected chi connectivity index (χ3v) is 5.79. The van der Waals surface area contributed by atoms with Crippen molar-refractivity contribution in [3.8, 4) is 0 Å². The highest BCUT2D eigenvalue weighted by Crippen LogP contribution is 2.49. The van der Waals surface area contributed by atoms with Crippen molar-refractivity contribution in [2.45, 2.75) is 29.8 Å². The zero-order chi connectivity index (χ0) is 7.57. The topological polar surface area (TPSA) is 0 Å². The molecule has 0 N–H and O–H groups in total. The van der Waals surface area contributed by atoms with Crippen LogP contribution in [0, 0.1) is 0 Å². The monoisotopic (exact) mass is 186 g/mol. The highest BCUT2D eigenvalue weighted by molar-refractivity contribution is 8.18. The summed E-state index contributed by atoms with van der Waals surface area (Å²) in [5.41, 5.74) is 0. The molecule has 0 bridgehead atoms. The van der Waals surface area contributed by atoms with Crippen LogP contribution in [0.5, 0.6) is 0 Å². The van der Waals surface area contributed by atoms with E-state index in [-0.39, 0.29) is 0 Å². The fourth-order valence-electron chi connectivity index (χ4n) is 1.67. The molecular formula is C9H14S2. The van der Waals surface area contributed by atoms with Gasteiger partial charge in [0.2, 0.25) is 0 Å². The van der Waals surface area contributed by atoms with Gasteiger partial charge in [-0.15, -0.1) is 23.5 Å². The van der Waals surface area contributed by atoms with E-state index < -0.39 is 0 Å². The Kier molecular flexibility index (Phi) is 2.52. The Hall–Kier alpha value is 0.440. The lowest BCUT2D eigenvalue weighted by Crippen LogP contribution is -2.25. The normalized spacial score (nSPS) is 29.1. The zero-order valence-electron chi connectivity index (χ0n) is 6.71. The molecule has 2 rings (SSSR count). The van der Waals surface area contributed by atoms with Gasteiger partial charge in [0.15, 0.2) is 0 Å². The minimum atomic E-state index is 0.604. The van der Waals surface area contributed by atoms with Gasteiger partial charge in [-0.1, -0.05) is 12.2 Å². The summed E-state index contributed by atoms with van der Waals surface area (Å²) in [5, 5.41) is 0. The van der Waals surface area contributed by atoms with Crippen molar-refractivity contribution in [2.75, 3.05) is 11.5 Å². The van der Waals surface area contributed by atoms with Crippen molar-refractivity contribution in [1.29, 1.82) is 0 Å². The molecule has 1 aliphatic carbocycles. The van der Waals surface area contributed by atoms with Gasteiger partial charge in [-0.05, 0) is 37.2 Å². The van der Waals surface area contributed by atoms with Gasteiger partial charge >= 0.3 is 0 Å². The van der Waals surface area contributed by atoms with E-state index in [1.165, 1.54) is 37.2 Å². The van der Waals surface area contributed by atoms with E-state index in [9.17, 15) is 0 Å². The molecule has 1 fully saturated rings. The SMILES string of the molecule is C1=CCC2(CC1)SCCCS2. The number of hydrogen-bond acceptors (Lipinski definition) is 2. The van der Waals surface area contributed by atoms with Gasteiger partial charge < -0.3 is 0 Å². The van der Waals surface area contributed by atoms with Gasteiger partial charge in [-0.2, -0.15) is 0 Å². The van der Waals surface area contributed by atoms with Gasteiger partial charge in [-0.3, -0.25) is 0 Å². The summed E-state index contributed by atoms with van der Waals surface area (Å²) in [7, 11) is 0. The molecule has 0 amide bonds. The largest absolute Gasteiger partial charge is 0.144 e. The van der Waals surface area contributed by atoms with Crippen molar-refractivity contribution < 1.29 is 0 Å². The lowest BCUT2D eigenvalue weighted by Gasteiger charge is -2.36. The maximum Gasteiger partial charge on any atom is 0.0648 e. The van der Waals surface area contributed by atoms with Gasteiger partial charge in [-0.25, -0.2) is 0 Å². The van der Waals surface area contributed by atoms with Crippen LogP contribution >= 0.6 is 23.5 Å². The molecule has 0 unspecified atom stereocenters. The Bertz CT molecular complexity index is 157. The second kappa shape index (κ2) is 3.44. The first-order valence-electron chi connectivity index (χ1n) is 4.34. The van der Waals surface area contributed by atoms with Crippen LogP contribution in [0.4, 0.5) is 0 Å². The smallest absolute Gasteiger partial charge is 0.0648 e. The third-order valence-electron chi connectivity index (χ3n) is 2.31. The van der Waals surface area contributed by atoms with Crippen molar-refractivity contribution in [3.63, 3.8) is 0 Å². The molecule has 1 spiro atoms. The van der Waals surface area contributed by atoms with Crippen molar-refractivity contribution >= 4 is 23.5 Å².